The number of nitrogens with one attached hydrogen (secondary N) is 1. The summed E-state index contributed by atoms with van der Waals surface area (Å²) in [6.45, 7) is 1.82. The monoisotopic (exact) mass is 359 g/mol. The highest BCUT2D eigenvalue weighted by molar-refractivity contribution is 5.97. The molecule has 1 N–H and O–H groups in total. The molecule has 136 valence electrons. The van der Waals surface area contributed by atoms with Gasteiger partial charge in [0.2, 0.25) is 11.9 Å². The Morgan fingerprint density at radius 2 is 2.00 bits per heavy atom. The number of alkyl halides is 3. The van der Waals surface area contributed by atoms with Crippen molar-refractivity contribution >= 4 is 17.3 Å². The van der Waals surface area contributed by atoms with Crippen LogP contribution in [0.5, 0.6) is 0 Å². The highest BCUT2D eigenvalue weighted by atomic mass is 19.4. The average Bonchev–Trinajstić information content (AvgIpc) is 3.36. The van der Waals surface area contributed by atoms with Crippen LogP contribution in [-0.2, 0) is 15.7 Å². The third-order valence-corrected chi connectivity index (χ3v) is 4.30. The molecule has 0 aromatic heterocycles. The lowest BCUT2D eigenvalue weighted by molar-refractivity contribution is -0.497. The van der Waals surface area contributed by atoms with Gasteiger partial charge in [0, 0.05) is 24.4 Å². The molecular formula is C15H16F3N3O4. The smallest absolute Gasteiger partial charge is 0.378 e. The van der Waals surface area contributed by atoms with Crippen molar-refractivity contribution in [2.45, 2.75) is 18.6 Å². The fraction of sp³-hybridized carbons (Fsp3) is 0.533. The van der Waals surface area contributed by atoms with Gasteiger partial charge in [0.1, 0.15) is 5.92 Å². The van der Waals surface area contributed by atoms with Crippen LogP contribution in [0.3, 0.4) is 0 Å². The first-order chi connectivity index (χ1) is 11.8. The lowest BCUT2D eigenvalue weighted by atomic mass is 10.1. The summed E-state index contributed by atoms with van der Waals surface area (Å²) >= 11 is 0. The van der Waals surface area contributed by atoms with Gasteiger partial charge in [0.05, 0.1) is 30.2 Å². The van der Waals surface area contributed by atoms with Gasteiger partial charge in [-0.1, -0.05) is 0 Å². The molecular weight excluding hydrogens is 343 g/mol. The summed E-state index contributed by atoms with van der Waals surface area (Å²) in [7, 11) is 0. The van der Waals surface area contributed by atoms with Crippen molar-refractivity contribution in [1.82, 2.24) is 0 Å². The Hall–Kier alpha value is -2.36. The Morgan fingerprint density at radius 1 is 1.32 bits per heavy atom. The Bertz CT molecular complexity index is 689. The normalized spacial score (nSPS) is 23.2. The van der Waals surface area contributed by atoms with Crippen LogP contribution >= 0.6 is 0 Å². The quantitative estimate of drug-likeness (QED) is 0.658. The number of amides is 1. The third kappa shape index (κ3) is 3.84. The molecule has 25 heavy (non-hydrogen) atoms. The zero-order valence-corrected chi connectivity index (χ0v) is 13.1. The number of nitrogens with zero attached hydrogens (tertiary/aromatic N) is 2. The number of hydrogen-bond donors (Lipinski definition) is 1. The van der Waals surface area contributed by atoms with Crippen molar-refractivity contribution < 1.29 is 27.6 Å². The summed E-state index contributed by atoms with van der Waals surface area (Å²) in [5, 5.41) is 13.1. The second-order valence-corrected chi connectivity index (χ2v) is 6.01. The van der Waals surface area contributed by atoms with E-state index in [1.54, 1.807) is 0 Å². The molecule has 3 rings (SSSR count). The minimum Gasteiger partial charge on any atom is -0.378 e. The number of hydrogen-bond acceptors (Lipinski definition) is 5. The molecule has 0 radical (unpaired) electrons. The van der Waals surface area contributed by atoms with Crippen molar-refractivity contribution in [1.29, 1.82) is 0 Å². The predicted octanol–water partition coefficient (Wildman–Crippen LogP) is 2.15. The number of benzene rings is 1. The largest absolute Gasteiger partial charge is 0.416 e. The molecule has 7 nitrogen and oxygen atoms in total. The van der Waals surface area contributed by atoms with Gasteiger partial charge in [-0.2, -0.15) is 13.2 Å². The van der Waals surface area contributed by atoms with Gasteiger partial charge >= 0.3 is 6.18 Å². The molecule has 2 atom stereocenters. The Labute approximate surface area is 140 Å². The first-order valence-electron chi connectivity index (χ1n) is 7.75. The zero-order chi connectivity index (χ0) is 18.2. The molecule has 1 amide bonds. The molecule has 1 heterocycles. The summed E-state index contributed by atoms with van der Waals surface area (Å²) in [6, 6.07) is 2.17. The van der Waals surface area contributed by atoms with Crippen LogP contribution in [0.1, 0.15) is 12.0 Å². The molecule has 1 aromatic rings. The van der Waals surface area contributed by atoms with Crippen LogP contribution in [0.15, 0.2) is 18.2 Å². The molecule has 1 aliphatic heterocycles. The van der Waals surface area contributed by atoms with Crippen molar-refractivity contribution in [3.05, 3.63) is 33.9 Å². The summed E-state index contributed by atoms with van der Waals surface area (Å²) in [5.74, 6) is -1.43. The summed E-state index contributed by atoms with van der Waals surface area (Å²) in [5.41, 5.74) is -0.430. The molecule has 1 saturated carbocycles. The second-order valence-electron chi connectivity index (χ2n) is 6.01. The van der Waals surface area contributed by atoms with Crippen LogP contribution in [0, 0.1) is 16.0 Å². The van der Waals surface area contributed by atoms with E-state index in [0.717, 1.165) is 12.1 Å². The minimum absolute atomic E-state index is 0.00993. The standard InChI is InChI=1S/C15H16F3N3O4/c16-15(17,18)9-1-2-12(20-3-5-25-6-4-20)11(7-9)19-14(22)10-8-13(10)21(23)24/h1-2,7,10,13H,3-6,8H2,(H,19,22)/t10-,13+/m1/s1. The average molecular weight is 359 g/mol. The third-order valence-electron chi connectivity index (χ3n) is 4.30. The molecule has 1 aromatic carbocycles. The van der Waals surface area contributed by atoms with Crippen molar-refractivity contribution in [3.8, 4) is 0 Å². The fourth-order valence-corrected chi connectivity index (χ4v) is 2.81. The maximum absolute atomic E-state index is 13.0. The first kappa shape index (κ1) is 17.5. The highest BCUT2D eigenvalue weighted by Crippen LogP contribution is 2.38. The summed E-state index contributed by atoms with van der Waals surface area (Å²) in [6.07, 6.45) is -4.45. The number of halogens is 3. The van der Waals surface area contributed by atoms with Crippen molar-refractivity contribution in [2.75, 3.05) is 36.5 Å². The van der Waals surface area contributed by atoms with E-state index >= 15 is 0 Å². The van der Waals surface area contributed by atoms with Gasteiger partial charge in [0.15, 0.2) is 0 Å². The van der Waals surface area contributed by atoms with E-state index < -0.39 is 34.5 Å². The highest BCUT2D eigenvalue weighted by Gasteiger charge is 2.53. The fourth-order valence-electron chi connectivity index (χ4n) is 2.81. The predicted molar refractivity (Wildman–Crippen MR) is 82.0 cm³/mol. The Morgan fingerprint density at radius 3 is 2.56 bits per heavy atom. The van der Waals surface area contributed by atoms with Gasteiger partial charge < -0.3 is 15.0 Å². The zero-order valence-electron chi connectivity index (χ0n) is 13.1. The van der Waals surface area contributed by atoms with Gasteiger partial charge in [-0.3, -0.25) is 14.9 Å². The summed E-state index contributed by atoms with van der Waals surface area (Å²) in [4.78, 5) is 24.1. The van der Waals surface area contributed by atoms with Crippen LogP contribution in [0.4, 0.5) is 24.5 Å². The Kier molecular flexibility index (Phi) is 4.55. The molecule has 0 bridgehead atoms. The van der Waals surface area contributed by atoms with Crippen LogP contribution in [-0.4, -0.2) is 43.2 Å². The van der Waals surface area contributed by atoms with E-state index in [2.05, 4.69) is 5.32 Å². The van der Waals surface area contributed by atoms with E-state index in [0.29, 0.717) is 32.0 Å². The number of carbonyl (C=O) groups excluding carboxylic acids is 1. The Balaban J connectivity index is 1.85. The van der Waals surface area contributed by atoms with E-state index in [9.17, 15) is 28.1 Å². The lowest BCUT2D eigenvalue weighted by Crippen LogP contribution is -2.37. The van der Waals surface area contributed by atoms with Crippen LogP contribution < -0.4 is 10.2 Å². The molecule has 0 unspecified atom stereocenters. The molecule has 0 spiro atoms. The van der Waals surface area contributed by atoms with E-state index in [1.165, 1.54) is 6.07 Å². The molecule has 1 aliphatic carbocycles. The SMILES string of the molecule is O=C(Nc1cc(C(F)(F)F)ccc1N1CCOCC1)[C@@H]1C[C@@H]1[N+](=O)[O-]. The second kappa shape index (κ2) is 6.51. The van der Waals surface area contributed by atoms with Gasteiger partial charge in [-0.15, -0.1) is 0 Å². The van der Waals surface area contributed by atoms with Gasteiger partial charge in [-0.25, -0.2) is 0 Å². The van der Waals surface area contributed by atoms with Crippen LogP contribution in [0.2, 0.25) is 0 Å². The first-order valence-corrected chi connectivity index (χ1v) is 7.75. The van der Waals surface area contributed by atoms with E-state index in [4.69, 9.17) is 4.74 Å². The number of nitro groups is 1. The molecule has 10 heteroatoms. The molecule has 2 fully saturated rings. The maximum atomic E-state index is 13.0. The maximum Gasteiger partial charge on any atom is 0.416 e. The number of carbonyl (C=O) groups is 1. The van der Waals surface area contributed by atoms with E-state index in [1.807, 2.05) is 4.90 Å². The van der Waals surface area contributed by atoms with Gasteiger partial charge in [-0.05, 0) is 18.2 Å². The van der Waals surface area contributed by atoms with Crippen molar-refractivity contribution in [3.63, 3.8) is 0 Å². The number of morpholine rings is 1. The number of rotatable bonds is 4. The lowest BCUT2D eigenvalue weighted by Gasteiger charge is -2.31. The molecule has 1 saturated heterocycles. The van der Waals surface area contributed by atoms with Gasteiger partial charge in [0.25, 0.3) is 0 Å². The molecule has 2 aliphatic rings. The minimum atomic E-state index is -4.55. The summed E-state index contributed by atoms with van der Waals surface area (Å²) < 4.78 is 44.2. The van der Waals surface area contributed by atoms with Crippen molar-refractivity contribution in [2.24, 2.45) is 5.92 Å². The van der Waals surface area contributed by atoms with Crippen LogP contribution in [0.25, 0.3) is 0 Å². The number of ether oxygens (including phenoxy) is 1. The van der Waals surface area contributed by atoms with E-state index in [-0.39, 0.29) is 12.1 Å². The topological polar surface area (TPSA) is 84.7 Å². The number of anilines is 2.